The molecule has 4 rings (SSSR count). The average molecular weight is 308 g/mol. The van der Waals surface area contributed by atoms with Crippen molar-refractivity contribution in [2.75, 3.05) is 17.2 Å². The predicted molar refractivity (Wildman–Crippen MR) is 87.0 cm³/mol. The van der Waals surface area contributed by atoms with Gasteiger partial charge in [0.05, 0.1) is 5.69 Å². The van der Waals surface area contributed by atoms with Crippen LogP contribution in [0.4, 0.5) is 11.4 Å². The topological polar surface area (TPSA) is 67.4 Å². The molecule has 2 amide bonds. The van der Waals surface area contributed by atoms with E-state index in [1.165, 1.54) is 17.5 Å². The van der Waals surface area contributed by atoms with Crippen LogP contribution in [0.1, 0.15) is 27.9 Å². The van der Waals surface area contributed by atoms with Crippen LogP contribution in [0.15, 0.2) is 36.4 Å². The Morgan fingerprint density at radius 1 is 1.09 bits per heavy atom. The second-order valence-electron chi connectivity index (χ2n) is 5.84. The summed E-state index contributed by atoms with van der Waals surface area (Å²) in [6.45, 7) is -0.0249. The molecule has 2 aliphatic rings. The highest BCUT2D eigenvalue weighted by atomic mass is 16.5. The molecule has 5 heteroatoms. The van der Waals surface area contributed by atoms with Crippen molar-refractivity contribution in [2.45, 2.75) is 19.3 Å². The van der Waals surface area contributed by atoms with Gasteiger partial charge in [-0.25, -0.2) is 0 Å². The van der Waals surface area contributed by atoms with E-state index in [2.05, 4.69) is 22.8 Å². The molecule has 1 aliphatic heterocycles. The van der Waals surface area contributed by atoms with Crippen molar-refractivity contribution in [3.05, 3.63) is 53.1 Å². The van der Waals surface area contributed by atoms with Crippen LogP contribution in [0, 0.1) is 0 Å². The van der Waals surface area contributed by atoms with E-state index in [1.54, 1.807) is 18.2 Å². The third kappa shape index (κ3) is 2.65. The van der Waals surface area contributed by atoms with Crippen LogP contribution in [0.25, 0.3) is 0 Å². The maximum Gasteiger partial charge on any atom is 0.262 e. The number of anilines is 2. The van der Waals surface area contributed by atoms with Crippen molar-refractivity contribution < 1.29 is 14.3 Å². The molecular weight excluding hydrogens is 292 g/mol. The first-order valence-corrected chi connectivity index (χ1v) is 7.69. The molecule has 5 nitrogen and oxygen atoms in total. The van der Waals surface area contributed by atoms with Gasteiger partial charge in [-0.15, -0.1) is 0 Å². The fraction of sp³-hybridized carbons (Fsp3) is 0.222. The van der Waals surface area contributed by atoms with Crippen LogP contribution in [0.5, 0.6) is 5.75 Å². The molecular formula is C18H16N2O3. The van der Waals surface area contributed by atoms with Gasteiger partial charge >= 0.3 is 0 Å². The molecule has 0 aromatic heterocycles. The lowest BCUT2D eigenvalue weighted by atomic mass is 10.1. The van der Waals surface area contributed by atoms with Crippen molar-refractivity contribution in [2.24, 2.45) is 0 Å². The van der Waals surface area contributed by atoms with Gasteiger partial charge in [0.2, 0.25) is 0 Å². The highest BCUT2D eigenvalue weighted by Crippen LogP contribution is 2.29. The lowest BCUT2D eigenvalue weighted by molar-refractivity contribution is -0.118. The number of carbonyl (C=O) groups is 2. The number of rotatable bonds is 2. The van der Waals surface area contributed by atoms with Gasteiger partial charge in [-0.05, 0) is 60.7 Å². The Morgan fingerprint density at radius 3 is 2.87 bits per heavy atom. The van der Waals surface area contributed by atoms with Gasteiger partial charge < -0.3 is 15.4 Å². The Balaban J connectivity index is 1.54. The molecule has 0 saturated carbocycles. The molecule has 1 heterocycles. The average Bonchev–Trinajstić information content (AvgIpc) is 3.02. The first-order valence-electron chi connectivity index (χ1n) is 7.69. The highest BCUT2D eigenvalue weighted by molar-refractivity contribution is 6.05. The Morgan fingerprint density at radius 2 is 1.96 bits per heavy atom. The molecule has 2 N–H and O–H groups in total. The minimum atomic E-state index is -0.189. The van der Waals surface area contributed by atoms with Crippen LogP contribution >= 0.6 is 0 Å². The quantitative estimate of drug-likeness (QED) is 0.896. The van der Waals surface area contributed by atoms with Gasteiger partial charge in [0.25, 0.3) is 11.8 Å². The monoisotopic (exact) mass is 308 g/mol. The minimum Gasteiger partial charge on any atom is -0.482 e. The second-order valence-corrected chi connectivity index (χ2v) is 5.84. The van der Waals surface area contributed by atoms with E-state index < -0.39 is 0 Å². The first-order chi connectivity index (χ1) is 11.2. The number of ether oxygens (including phenoxy) is 1. The van der Waals surface area contributed by atoms with Crippen molar-refractivity contribution in [1.29, 1.82) is 0 Å². The highest BCUT2D eigenvalue weighted by Gasteiger charge is 2.18. The number of amides is 2. The summed E-state index contributed by atoms with van der Waals surface area (Å²) >= 11 is 0. The zero-order valence-electron chi connectivity index (χ0n) is 12.5. The molecule has 0 saturated heterocycles. The van der Waals surface area contributed by atoms with E-state index in [0.717, 1.165) is 18.5 Å². The molecule has 116 valence electrons. The number of hydrogen-bond donors (Lipinski definition) is 2. The minimum absolute atomic E-state index is 0.0249. The van der Waals surface area contributed by atoms with E-state index in [-0.39, 0.29) is 18.4 Å². The van der Waals surface area contributed by atoms with E-state index in [9.17, 15) is 9.59 Å². The molecule has 23 heavy (non-hydrogen) atoms. The second kappa shape index (κ2) is 5.43. The molecule has 1 aliphatic carbocycles. The standard InChI is InChI=1S/C18H16N2O3/c21-17-10-23-16-9-13(5-7-15(16)20-17)18(22)19-14-6-4-11-2-1-3-12(11)8-14/h4-9H,1-3,10H2,(H,19,22)(H,20,21). The third-order valence-electron chi connectivity index (χ3n) is 4.23. The lowest BCUT2D eigenvalue weighted by Crippen LogP contribution is -2.25. The Kier molecular flexibility index (Phi) is 3.26. The summed E-state index contributed by atoms with van der Waals surface area (Å²) in [6, 6.07) is 11.1. The molecule has 0 spiro atoms. The molecule has 0 bridgehead atoms. The van der Waals surface area contributed by atoms with Gasteiger partial charge in [-0.3, -0.25) is 9.59 Å². The predicted octanol–water partition coefficient (Wildman–Crippen LogP) is 2.76. The van der Waals surface area contributed by atoms with E-state index in [0.29, 0.717) is 17.0 Å². The number of aryl methyl sites for hydroxylation is 2. The number of benzene rings is 2. The maximum atomic E-state index is 12.4. The zero-order valence-corrected chi connectivity index (χ0v) is 12.5. The van der Waals surface area contributed by atoms with E-state index in [1.807, 2.05) is 6.07 Å². The summed E-state index contributed by atoms with van der Waals surface area (Å²) in [7, 11) is 0. The van der Waals surface area contributed by atoms with Gasteiger partial charge in [0, 0.05) is 11.3 Å². The summed E-state index contributed by atoms with van der Waals surface area (Å²) in [5.74, 6) is 0.144. The molecule has 0 atom stereocenters. The van der Waals surface area contributed by atoms with E-state index in [4.69, 9.17) is 4.74 Å². The van der Waals surface area contributed by atoms with Gasteiger partial charge in [-0.2, -0.15) is 0 Å². The smallest absolute Gasteiger partial charge is 0.262 e. The van der Waals surface area contributed by atoms with Gasteiger partial charge in [-0.1, -0.05) is 6.07 Å². The van der Waals surface area contributed by atoms with Gasteiger partial charge in [0.15, 0.2) is 6.61 Å². The Bertz CT molecular complexity index is 814. The number of nitrogens with one attached hydrogen (secondary N) is 2. The summed E-state index contributed by atoms with van der Waals surface area (Å²) in [4.78, 5) is 23.7. The zero-order chi connectivity index (χ0) is 15.8. The lowest BCUT2D eigenvalue weighted by Gasteiger charge is -2.18. The van der Waals surface area contributed by atoms with Crippen molar-refractivity contribution in [3.8, 4) is 5.75 Å². The van der Waals surface area contributed by atoms with Crippen molar-refractivity contribution in [1.82, 2.24) is 0 Å². The maximum absolute atomic E-state index is 12.4. The number of hydrogen-bond acceptors (Lipinski definition) is 3. The van der Waals surface area contributed by atoms with E-state index >= 15 is 0 Å². The van der Waals surface area contributed by atoms with Crippen molar-refractivity contribution >= 4 is 23.2 Å². The normalized spacial score (nSPS) is 15.2. The summed E-state index contributed by atoms with van der Waals surface area (Å²) in [6.07, 6.45) is 3.38. The van der Waals surface area contributed by atoms with Crippen molar-refractivity contribution in [3.63, 3.8) is 0 Å². The Labute approximate surface area is 133 Å². The van der Waals surface area contributed by atoms with Crippen LogP contribution in [0.3, 0.4) is 0 Å². The molecule has 0 unspecified atom stereocenters. The van der Waals surface area contributed by atoms with Crippen LogP contribution in [-0.2, 0) is 17.6 Å². The van der Waals surface area contributed by atoms with Crippen LogP contribution in [-0.4, -0.2) is 18.4 Å². The molecule has 2 aromatic carbocycles. The van der Waals surface area contributed by atoms with Gasteiger partial charge in [0.1, 0.15) is 5.75 Å². The summed E-state index contributed by atoms with van der Waals surface area (Å²) in [5, 5.41) is 5.63. The summed E-state index contributed by atoms with van der Waals surface area (Å²) < 4.78 is 5.35. The largest absolute Gasteiger partial charge is 0.482 e. The number of fused-ring (bicyclic) bond motifs is 2. The van der Waals surface area contributed by atoms with Crippen LogP contribution < -0.4 is 15.4 Å². The molecule has 0 fully saturated rings. The summed E-state index contributed by atoms with van der Waals surface area (Å²) in [5.41, 5.74) is 4.60. The fourth-order valence-electron chi connectivity index (χ4n) is 3.07. The number of carbonyl (C=O) groups excluding carboxylic acids is 2. The molecule has 0 radical (unpaired) electrons. The SMILES string of the molecule is O=C1COc2cc(C(=O)Nc3ccc4c(c3)CCC4)ccc2N1. The van der Waals surface area contributed by atoms with Crippen LogP contribution in [0.2, 0.25) is 0 Å². The molecule has 2 aromatic rings. The Hall–Kier alpha value is -2.82. The fourth-order valence-corrected chi connectivity index (χ4v) is 3.07. The first kappa shape index (κ1) is 13.8. The third-order valence-corrected chi connectivity index (χ3v) is 4.23.